The number of rotatable bonds is 5. The van der Waals surface area contributed by atoms with Crippen LogP contribution in [0.5, 0.6) is 5.75 Å². The molecule has 0 fully saturated rings. The molecule has 2 rings (SSSR count). The minimum atomic E-state index is 0.371. The zero-order valence-corrected chi connectivity index (χ0v) is 10.9. The van der Waals surface area contributed by atoms with Crippen LogP contribution in [0.25, 0.3) is 0 Å². The monoisotopic (exact) mass is 263 g/mol. The van der Waals surface area contributed by atoms with E-state index in [0.29, 0.717) is 11.6 Å². The van der Waals surface area contributed by atoms with Crippen LogP contribution in [0.3, 0.4) is 0 Å². The van der Waals surface area contributed by atoms with Crippen molar-refractivity contribution in [2.45, 2.75) is 6.42 Å². The average Bonchev–Trinajstić information content (AvgIpc) is 2.82. The SMILES string of the molecule is NC(=S)c1ccccc1OCCc1ccsc1. The first-order chi connectivity index (χ1) is 8.27. The highest BCUT2D eigenvalue weighted by Crippen LogP contribution is 2.18. The number of thiocarbonyl (C=S) groups is 1. The summed E-state index contributed by atoms with van der Waals surface area (Å²) in [6.07, 6.45) is 0.898. The van der Waals surface area contributed by atoms with Crippen molar-refractivity contribution in [1.29, 1.82) is 0 Å². The van der Waals surface area contributed by atoms with Crippen molar-refractivity contribution in [2.75, 3.05) is 6.61 Å². The Bertz CT molecular complexity index is 494. The third kappa shape index (κ3) is 3.28. The van der Waals surface area contributed by atoms with Gasteiger partial charge in [-0.15, -0.1) is 0 Å². The van der Waals surface area contributed by atoms with E-state index in [0.717, 1.165) is 17.7 Å². The molecule has 0 spiro atoms. The molecule has 0 aliphatic carbocycles. The van der Waals surface area contributed by atoms with Crippen molar-refractivity contribution in [1.82, 2.24) is 0 Å². The topological polar surface area (TPSA) is 35.2 Å². The minimum Gasteiger partial charge on any atom is -0.493 e. The second kappa shape index (κ2) is 5.80. The molecule has 2 aromatic rings. The minimum absolute atomic E-state index is 0.371. The van der Waals surface area contributed by atoms with Gasteiger partial charge in [0, 0.05) is 6.42 Å². The molecule has 4 heteroatoms. The predicted molar refractivity (Wildman–Crippen MR) is 75.8 cm³/mol. The van der Waals surface area contributed by atoms with Gasteiger partial charge in [-0.2, -0.15) is 11.3 Å². The smallest absolute Gasteiger partial charge is 0.129 e. The number of thiophene rings is 1. The molecule has 0 radical (unpaired) electrons. The Morgan fingerprint density at radius 2 is 2.12 bits per heavy atom. The van der Waals surface area contributed by atoms with Gasteiger partial charge in [-0.05, 0) is 34.5 Å². The molecule has 1 aromatic heterocycles. The van der Waals surface area contributed by atoms with E-state index in [4.69, 9.17) is 22.7 Å². The van der Waals surface area contributed by atoms with E-state index < -0.39 is 0 Å². The van der Waals surface area contributed by atoms with E-state index in [1.807, 2.05) is 24.3 Å². The lowest BCUT2D eigenvalue weighted by Gasteiger charge is -2.09. The maximum absolute atomic E-state index is 5.71. The van der Waals surface area contributed by atoms with Crippen molar-refractivity contribution >= 4 is 28.5 Å². The first kappa shape index (κ1) is 12.1. The van der Waals surface area contributed by atoms with Crippen LogP contribution >= 0.6 is 23.6 Å². The lowest BCUT2D eigenvalue weighted by Crippen LogP contribution is -2.12. The van der Waals surface area contributed by atoms with Gasteiger partial charge in [0.25, 0.3) is 0 Å². The van der Waals surface area contributed by atoms with Gasteiger partial charge in [-0.1, -0.05) is 24.4 Å². The first-order valence-corrected chi connectivity index (χ1v) is 6.65. The Balaban J connectivity index is 1.97. The van der Waals surface area contributed by atoms with Crippen molar-refractivity contribution in [2.24, 2.45) is 5.73 Å². The van der Waals surface area contributed by atoms with Crippen LogP contribution in [-0.4, -0.2) is 11.6 Å². The van der Waals surface area contributed by atoms with E-state index in [2.05, 4.69) is 16.8 Å². The van der Waals surface area contributed by atoms with Gasteiger partial charge in [0.1, 0.15) is 10.7 Å². The molecule has 0 saturated heterocycles. The normalized spacial score (nSPS) is 10.1. The molecule has 0 amide bonds. The van der Waals surface area contributed by atoms with Crippen LogP contribution in [0.1, 0.15) is 11.1 Å². The fourth-order valence-electron chi connectivity index (χ4n) is 1.51. The second-order valence-corrected chi connectivity index (χ2v) is 4.81. The molecule has 0 aliphatic heterocycles. The number of hydrogen-bond acceptors (Lipinski definition) is 3. The molecule has 17 heavy (non-hydrogen) atoms. The molecule has 0 atom stereocenters. The van der Waals surface area contributed by atoms with Gasteiger partial charge in [0.2, 0.25) is 0 Å². The van der Waals surface area contributed by atoms with Crippen molar-refractivity contribution < 1.29 is 4.74 Å². The van der Waals surface area contributed by atoms with Gasteiger partial charge in [0.05, 0.1) is 12.2 Å². The molecular weight excluding hydrogens is 250 g/mol. The third-order valence-corrected chi connectivity index (χ3v) is 3.33. The molecule has 0 saturated carbocycles. The summed E-state index contributed by atoms with van der Waals surface area (Å²) in [6, 6.07) is 9.69. The van der Waals surface area contributed by atoms with Crippen molar-refractivity contribution in [3.63, 3.8) is 0 Å². The highest BCUT2D eigenvalue weighted by atomic mass is 32.1. The molecule has 2 N–H and O–H groups in total. The summed E-state index contributed by atoms with van der Waals surface area (Å²) in [5.41, 5.74) is 7.73. The highest BCUT2D eigenvalue weighted by Gasteiger charge is 2.05. The maximum Gasteiger partial charge on any atom is 0.129 e. The van der Waals surface area contributed by atoms with Gasteiger partial charge in [0.15, 0.2) is 0 Å². The summed E-state index contributed by atoms with van der Waals surface area (Å²) < 4.78 is 5.71. The summed E-state index contributed by atoms with van der Waals surface area (Å²) >= 11 is 6.68. The van der Waals surface area contributed by atoms with Crippen LogP contribution in [0.2, 0.25) is 0 Å². The summed E-state index contributed by atoms with van der Waals surface area (Å²) in [7, 11) is 0. The van der Waals surface area contributed by atoms with E-state index in [9.17, 15) is 0 Å². The molecular formula is C13H13NOS2. The Hall–Kier alpha value is -1.39. The molecule has 0 unspecified atom stereocenters. The Morgan fingerprint density at radius 1 is 1.29 bits per heavy atom. The lowest BCUT2D eigenvalue weighted by molar-refractivity contribution is 0.321. The summed E-state index contributed by atoms with van der Waals surface area (Å²) in [4.78, 5) is 0.371. The fourth-order valence-corrected chi connectivity index (χ4v) is 2.38. The van der Waals surface area contributed by atoms with Crippen molar-refractivity contribution in [3.05, 3.63) is 52.2 Å². The summed E-state index contributed by atoms with van der Waals surface area (Å²) in [5, 5.41) is 4.20. The molecule has 1 aromatic carbocycles. The number of benzene rings is 1. The molecule has 0 bridgehead atoms. The first-order valence-electron chi connectivity index (χ1n) is 5.30. The quantitative estimate of drug-likeness (QED) is 0.842. The molecule has 0 aliphatic rings. The van der Waals surface area contributed by atoms with Gasteiger partial charge in [-0.25, -0.2) is 0 Å². The zero-order valence-electron chi connectivity index (χ0n) is 9.26. The largest absolute Gasteiger partial charge is 0.493 e. The lowest BCUT2D eigenvalue weighted by atomic mass is 10.2. The zero-order chi connectivity index (χ0) is 12.1. The average molecular weight is 263 g/mol. The second-order valence-electron chi connectivity index (χ2n) is 3.59. The molecule has 1 heterocycles. The predicted octanol–water partition coefficient (Wildman–Crippen LogP) is 3.00. The van der Waals surface area contributed by atoms with Crippen LogP contribution in [-0.2, 0) is 6.42 Å². The van der Waals surface area contributed by atoms with E-state index >= 15 is 0 Å². The van der Waals surface area contributed by atoms with E-state index in [1.165, 1.54) is 5.56 Å². The Morgan fingerprint density at radius 3 is 2.82 bits per heavy atom. The van der Waals surface area contributed by atoms with Gasteiger partial charge >= 0.3 is 0 Å². The fraction of sp³-hybridized carbons (Fsp3) is 0.154. The molecule has 88 valence electrons. The maximum atomic E-state index is 5.71. The van der Waals surface area contributed by atoms with Crippen LogP contribution in [0.15, 0.2) is 41.1 Å². The highest BCUT2D eigenvalue weighted by molar-refractivity contribution is 7.80. The number of nitrogens with two attached hydrogens (primary N) is 1. The number of ether oxygens (including phenoxy) is 1. The third-order valence-electron chi connectivity index (χ3n) is 2.38. The Kier molecular flexibility index (Phi) is 4.12. The van der Waals surface area contributed by atoms with Crippen molar-refractivity contribution in [3.8, 4) is 5.75 Å². The standard InChI is InChI=1S/C13H13NOS2/c14-13(16)11-3-1-2-4-12(11)15-7-5-10-6-8-17-9-10/h1-4,6,8-9H,5,7H2,(H2,14,16). The van der Waals surface area contributed by atoms with Gasteiger partial charge < -0.3 is 10.5 Å². The van der Waals surface area contributed by atoms with Crippen LogP contribution in [0, 0.1) is 0 Å². The van der Waals surface area contributed by atoms with E-state index in [1.54, 1.807) is 11.3 Å². The number of hydrogen-bond donors (Lipinski definition) is 1. The van der Waals surface area contributed by atoms with E-state index in [-0.39, 0.29) is 0 Å². The van der Waals surface area contributed by atoms with Crippen LogP contribution < -0.4 is 10.5 Å². The van der Waals surface area contributed by atoms with Crippen LogP contribution in [0.4, 0.5) is 0 Å². The Labute approximate surface area is 110 Å². The summed E-state index contributed by atoms with van der Waals surface area (Å²) in [5.74, 6) is 0.759. The summed E-state index contributed by atoms with van der Waals surface area (Å²) in [6.45, 7) is 0.635. The van der Waals surface area contributed by atoms with Gasteiger partial charge in [-0.3, -0.25) is 0 Å². The molecule has 2 nitrogen and oxygen atoms in total. The number of para-hydroxylation sites is 1.